The van der Waals surface area contributed by atoms with Gasteiger partial charge in [0, 0.05) is 409 Å². The third-order valence-electron chi connectivity index (χ3n) is 30.2. The van der Waals surface area contributed by atoms with E-state index in [1.807, 2.05) is 0 Å². The summed E-state index contributed by atoms with van der Waals surface area (Å²) in [4.78, 5) is 4.76. The van der Waals surface area contributed by atoms with E-state index in [1.165, 1.54) is 88.6 Å². The summed E-state index contributed by atoms with van der Waals surface area (Å²) in [5, 5.41) is 7.47. The molecule has 6 aliphatic heterocycles. The fourth-order valence-corrected chi connectivity index (χ4v) is 22.9. The van der Waals surface area contributed by atoms with Crippen LogP contribution in [-0.4, -0.2) is 373 Å². The molecule has 0 N–H and O–H groups in total. The van der Waals surface area contributed by atoms with E-state index in [0.717, 1.165) is 12.8 Å². The fourth-order valence-electron chi connectivity index (χ4n) is 22.9. The molecule has 5 aromatic carbocycles. The van der Waals surface area contributed by atoms with Crippen LogP contribution in [0.25, 0.3) is 43.4 Å². The number of pyridine rings is 4. The Morgan fingerprint density at radius 3 is 1.00 bits per heavy atom. The van der Waals surface area contributed by atoms with Crippen LogP contribution in [0.2, 0.25) is 29.1 Å². The van der Waals surface area contributed by atoms with Gasteiger partial charge in [-0.2, -0.15) is 9.13 Å². The molecule has 15 rings (SSSR count). The van der Waals surface area contributed by atoms with Gasteiger partial charge in [-0.3, -0.25) is 0 Å². The van der Waals surface area contributed by atoms with Crippen molar-refractivity contribution in [3.05, 3.63) is 192 Å². The lowest BCUT2D eigenvalue weighted by atomic mass is 8.57. The molecule has 5 saturated heterocycles. The van der Waals surface area contributed by atoms with Crippen molar-refractivity contribution < 1.29 is 18.3 Å². The lowest BCUT2D eigenvalue weighted by Crippen LogP contribution is -2.65. The second-order valence-electron chi connectivity index (χ2n) is 40.0. The molecule has 10 heterocycles. The highest BCUT2D eigenvalue weighted by atomic mass is 15.4. The van der Waals surface area contributed by atoms with Crippen LogP contribution in [0.1, 0.15) is 126 Å². The van der Waals surface area contributed by atoms with E-state index in [4.69, 9.17) is 193 Å². The molecule has 4 aromatic heterocycles. The van der Waals surface area contributed by atoms with Crippen molar-refractivity contribution in [3.63, 3.8) is 0 Å². The summed E-state index contributed by atoms with van der Waals surface area (Å²) in [7, 11) is 161. The monoisotopic (exact) mass is 1590 g/mol. The zero-order valence-corrected chi connectivity index (χ0v) is 78.5. The molecule has 50 radical (unpaired) electrons. The van der Waals surface area contributed by atoms with Crippen LogP contribution in [0.3, 0.4) is 0 Å². The Morgan fingerprint density at radius 1 is 0.305 bits per heavy atom. The standard InChI is InChI=1S/2C17H22B10N.2C13H14B10N.C12H16B10N2/c1-11(2)9-13-5-7-15-14(10-13)6-8-16(28(15)4)17-12(3)23(17)27(25(20)21)26(22)24(18)19;1-11(2)7-13-5-6-14-10-28(4)16(9-15(14)8-13)17-12(3)23(17)27(25(20)21)26(22)24(18)19;1-9-13(19(9)23(21(16)17)22(18)20(14)15)12-7-10-5-3-4-6-11(10)8-24(12)2;1-9-13(19(9)23(21(16)17)22(18)20(14)15)12-8-7-10-5-3-4-6-11(10)24(12)2;1-8-12(18(8)22(20(15)16)21(17)19(13)14)24-9(2)23(3)10-6-4-5-7-11(10)24/h5-8,10-12,17H,9H2,1-4H3;5-6,8-12,17H,7H2,1-4H3;2*3-9,13H,1-2H3;4-9,12H,1-3H3/q4*+1;/t;;;;8?,9-,12?/m....0/s1. The Balaban J connectivity index is 0.000000155. The maximum absolute atomic E-state index is 6.28. The van der Waals surface area contributed by atoms with Gasteiger partial charge >= 0.3 is 0 Å². The summed E-state index contributed by atoms with van der Waals surface area (Å²) in [5.74, 6) is 5.28. The van der Waals surface area contributed by atoms with Crippen molar-refractivity contribution in [1.29, 1.82) is 0 Å². The average molecular weight is 1580 g/mol. The Kier molecular flexibility index (Phi) is 36.4. The van der Waals surface area contributed by atoms with Crippen LogP contribution in [0.5, 0.6) is 0 Å². The topological polar surface area (TPSA) is 22.0 Å². The Morgan fingerprint density at radius 2 is 0.609 bits per heavy atom. The van der Waals surface area contributed by atoms with Crippen LogP contribution in [0.15, 0.2) is 158 Å². The summed E-state index contributed by atoms with van der Waals surface area (Å²) in [5.41, 5.74) is 12.8. The van der Waals surface area contributed by atoms with Crippen LogP contribution >= 0.6 is 0 Å². The van der Waals surface area contributed by atoms with E-state index >= 15 is 0 Å². The Labute approximate surface area is 815 Å². The Hall–Kier alpha value is -3.41. The summed E-state index contributed by atoms with van der Waals surface area (Å²) >= 11 is 0. The number of aromatic nitrogens is 4. The molecule has 552 valence electrons. The minimum Gasteiger partial charge on any atom is -0.356 e. The average Bonchev–Trinajstić information content (AvgIpc) is 1.59. The maximum Gasteiger partial charge on any atom is 0.212 e. The second-order valence-corrected chi connectivity index (χ2v) is 40.0. The molecule has 0 bridgehead atoms. The van der Waals surface area contributed by atoms with Crippen LogP contribution in [-0.2, 0) is 41.0 Å². The number of benzene rings is 5. The van der Waals surface area contributed by atoms with Crippen LogP contribution < -0.4 is 28.1 Å². The molecule has 6 nitrogen and oxygen atoms in total. The molecule has 9 aromatic rings. The van der Waals surface area contributed by atoms with Crippen molar-refractivity contribution in [3.8, 4) is 0 Å². The van der Waals surface area contributed by atoms with Crippen molar-refractivity contribution in [1.82, 2.24) is 0 Å². The summed E-state index contributed by atoms with van der Waals surface area (Å²) in [6.45, 7) is 23.8. The first kappa shape index (κ1) is 105. The predicted molar refractivity (Wildman–Crippen MR) is 614 cm³/mol. The maximum atomic E-state index is 6.28. The molecule has 5 fully saturated rings. The molecular formula is C72H88B50N6+4. The molecule has 11 atom stereocenters. The SMILES string of the molecule is [B]B([B])B([B])B(B([B])[B])B1C(C)C1N1c2ccccc2N(C)[C@@H]1C.[B]B([B])B([B])B(B([B])[B])B1C(C)C1c1cc2cc(CC(C)C)ccc2c[n+]1C.[B]B([B])B([B])B(B([B])[B])B1C(C)C1c1cc2ccccc2c[n+]1C.[B]B([B])B([B])B(B([B])[B])B1C(C)C1c1ccc2cc(CC(C)C)ccc2[n+]1C.[B]B([B])B([B])B(B([B])[B])B1C(C)C1c1ccc2ccccc2[n+]1C. The molecule has 0 aliphatic carbocycles. The minimum absolute atomic E-state index is 0.100. The summed E-state index contributed by atoms with van der Waals surface area (Å²) < 4.78 is 8.96. The summed E-state index contributed by atoms with van der Waals surface area (Å²) in [6, 6.07) is 52.1. The van der Waals surface area contributed by atoms with Gasteiger partial charge in [0.05, 0.1) is 17.5 Å². The highest BCUT2D eigenvalue weighted by Crippen LogP contribution is 2.56. The van der Waals surface area contributed by atoms with Crippen molar-refractivity contribution in [2.75, 3.05) is 16.8 Å². The van der Waals surface area contributed by atoms with Gasteiger partial charge in [-0.05, 0) is 108 Å². The molecule has 0 spiro atoms. The molecule has 0 amide bonds. The summed E-state index contributed by atoms with van der Waals surface area (Å²) in [6.07, 6.45) is -1.53. The number of hydrogen-bond donors (Lipinski definition) is 0. The van der Waals surface area contributed by atoms with Gasteiger partial charge in [0.25, 0.3) is 0 Å². The smallest absolute Gasteiger partial charge is 0.212 e. The van der Waals surface area contributed by atoms with Crippen molar-refractivity contribution in [2.24, 2.45) is 40.0 Å². The van der Waals surface area contributed by atoms with Gasteiger partial charge in [0.2, 0.25) is 11.0 Å². The van der Waals surface area contributed by atoms with Gasteiger partial charge < -0.3 is 9.80 Å². The van der Waals surface area contributed by atoms with E-state index in [1.54, 1.807) is 0 Å². The number of fused-ring (bicyclic) bond motifs is 5. The van der Waals surface area contributed by atoms with Gasteiger partial charge in [-0.15, -0.1) is 0 Å². The third-order valence-corrected chi connectivity index (χ3v) is 30.2. The first-order chi connectivity index (χ1) is 60.2. The number of anilines is 2. The highest BCUT2D eigenvalue weighted by molar-refractivity contribution is 8.04. The van der Waals surface area contributed by atoms with E-state index in [9.17, 15) is 0 Å². The van der Waals surface area contributed by atoms with Crippen LogP contribution in [0.4, 0.5) is 11.4 Å². The molecule has 0 saturated carbocycles. The largest absolute Gasteiger partial charge is 0.356 e. The molecule has 56 heteroatoms. The zero-order valence-electron chi connectivity index (χ0n) is 78.5. The number of hydrogen-bond acceptors (Lipinski definition) is 2. The first-order valence-corrected chi connectivity index (χ1v) is 46.3. The van der Waals surface area contributed by atoms with E-state index in [-0.39, 0.29) is 57.9 Å². The quantitative estimate of drug-likeness (QED) is 0.0357. The number of nitrogens with zero attached hydrogens (tertiary/aromatic N) is 6. The van der Waals surface area contributed by atoms with Crippen molar-refractivity contribution in [2.45, 2.75) is 147 Å². The normalized spacial score (nSPS) is 19.9. The number of rotatable bonds is 29. The molecule has 6 aliphatic rings. The fraction of sp³-hybridized carbons (Fsp3) is 0.417. The minimum atomic E-state index is -0.628. The first-order valence-electron chi connectivity index (χ1n) is 46.3. The molecule has 128 heavy (non-hydrogen) atoms. The van der Waals surface area contributed by atoms with Crippen LogP contribution in [0, 0.1) is 11.8 Å². The second kappa shape index (κ2) is 44.4. The van der Waals surface area contributed by atoms with Gasteiger partial charge in [0.15, 0.2) is 35.2 Å². The van der Waals surface area contributed by atoms with Gasteiger partial charge in [0.1, 0.15) is 61.2 Å². The van der Waals surface area contributed by atoms with E-state index in [2.05, 4.69) is 291 Å². The lowest BCUT2D eigenvalue weighted by Gasteiger charge is -2.31. The molecule has 10 unspecified atom stereocenters. The Bertz CT molecular complexity index is 5180. The van der Waals surface area contributed by atoms with E-state index < -0.39 is 95.8 Å². The third kappa shape index (κ3) is 23.2. The zero-order chi connectivity index (χ0) is 94.4. The molecular weight excluding hydrogens is 1490 g/mol. The number of aryl methyl sites for hydroxylation is 4. The highest BCUT2D eigenvalue weighted by Gasteiger charge is 2.65. The van der Waals surface area contributed by atoms with E-state index in [0.29, 0.717) is 83.3 Å². The lowest BCUT2D eigenvalue weighted by molar-refractivity contribution is -0.677. The van der Waals surface area contributed by atoms with Gasteiger partial charge in [-0.1, -0.05) is 152 Å². The predicted octanol–water partition coefficient (Wildman–Crippen LogP) is -3.67. The van der Waals surface area contributed by atoms with Gasteiger partial charge in [-0.25, -0.2) is 9.13 Å². The number of para-hydroxylation sites is 3. The van der Waals surface area contributed by atoms with Crippen molar-refractivity contribution >= 4 is 409 Å².